The van der Waals surface area contributed by atoms with Crippen LogP contribution in [0.4, 0.5) is 5.69 Å². The maximum absolute atomic E-state index is 13.9. The summed E-state index contributed by atoms with van der Waals surface area (Å²) in [4.78, 5) is 27.8. The third-order valence-corrected chi connectivity index (χ3v) is 9.54. The Morgan fingerprint density at radius 3 is 2.53 bits per heavy atom. The van der Waals surface area contributed by atoms with Crippen LogP contribution in [-0.4, -0.2) is 68.1 Å². The first-order chi connectivity index (χ1) is 21.9. The molecule has 7 rings (SSSR count). The van der Waals surface area contributed by atoms with Crippen LogP contribution in [0, 0.1) is 0 Å². The average molecular weight is 608 g/mol. The van der Waals surface area contributed by atoms with Gasteiger partial charge in [-0.2, -0.15) is 5.10 Å². The second-order valence-electron chi connectivity index (χ2n) is 12.5. The number of fused-ring (bicyclic) bond motifs is 2. The molecule has 2 aliphatic heterocycles. The molecule has 2 fully saturated rings. The Bertz CT molecular complexity index is 1860. The van der Waals surface area contributed by atoms with Crippen molar-refractivity contribution >= 4 is 27.8 Å². The molecule has 10 heteroatoms. The lowest BCUT2D eigenvalue weighted by atomic mass is 9.99. The molecule has 4 atom stereocenters. The van der Waals surface area contributed by atoms with Crippen molar-refractivity contribution in [1.82, 2.24) is 29.2 Å². The number of hydrogen-bond acceptors (Lipinski definition) is 8. The summed E-state index contributed by atoms with van der Waals surface area (Å²) in [6, 6.07) is 16.7. The molecule has 10 nitrogen and oxygen atoms in total. The standard InChI is InChI=1S/C35H41N7O3/c1-23-20-40(24(2)19-39(23)25(3)27-10-13-29-30(17-27)37-15-14-36-29)31-18-33(43)41(21-26-8-11-28(44-4)12-9-26)32-22-42(38-35(31)32)34-7-5-6-16-45-34/h8-15,17-18,22-25,34H,5-7,16,19-21H2,1-4H3/t23-,24+,25?,34?/m1/s1. The third-order valence-electron chi connectivity index (χ3n) is 9.54. The Hall–Kier alpha value is -4.28. The molecule has 3 aromatic heterocycles. The van der Waals surface area contributed by atoms with Crippen molar-refractivity contribution < 1.29 is 9.47 Å². The van der Waals surface area contributed by atoms with Crippen LogP contribution >= 0.6 is 0 Å². The van der Waals surface area contributed by atoms with Crippen LogP contribution in [0.1, 0.15) is 63.4 Å². The highest BCUT2D eigenvalue weighted by Gasteiger charge is 2.34. The van der Waals surface area contributed by atoms with Gasteiger partial charge in [-0.3, -0.25) is 19.7 Å². The maximum atomic E-state index is 13.9. The molecule has 5 aromatic rings. The molecule has 2 aromatic carbocycles. The molecule has 45 heavy (non-hydrogen) atoms. The van der Waals surface area contributed by atoms with Crippen molar-refractivity contribution in [2.24, 2.45) is 0 Å². The second kappa shape index (κ2) is 12.3. The lowest BCUT2D eigenvalue weighted by Gasteiger charge is -2.47. The largest absolute Gasteiger partial charge is 0.497 e. The van der Waals surface area contributed by atoms with E-state index in [2.05, 4.69) is 58.7 Å². The molecule has 2 unspecified atom stereocenters. The zero-order valence-corrected chi connectivity index (χ0v) is 26.5. The fourth-order valence-corrected chi connectivity index (χ4v) is 6.98. The zero-order chi connectivity index (χ0) is 31.1. The molecule has 0 bridgehead atoms. The molecule has 2 saturated heterocycles. The van der Waals surface area contributed by atoms with Crippen LogP contribution in [0.15, 0.2) is 71.9 Å². The fourth-order valence-electron chi connectivity index (χ4n) is 6.98. The van der Waals surface area contributed by atoms with E-state index in [1.54, 1.807) is 25.6 Å². The van der Waals surface area contributed by atoms with Gasteiger partial charge in [0.25, 0.3) is 5.56 Å². The van der Waals surface area contributed by atoms with Gasteiger partial charge >= 0.3 is 0 Å². The average Bonchev–Trinajstić information content (AvgIpc) is 3.53. The Morgan fingerprint density at radius 2 is 1.78 bits per heavy atom. The van der Waals surface area contributed by atoms with Crippen LogP contribution in [0.5, 0.6) is 5.75 Å². The molecular formula is C35H41N7O3. The van der Waals surface area contributed by atoms with E-state index < -0.39 is 0 Å². The molecular weight excluding hydrogens is 566 g/mol. The Kier molecular flexibility index (Phi) is 8.01. The van der Waals surface area contributed by atoms with Gasteiger partial charge in [-0.05, 0) is 75.4 Å². The molecule has 0 radical (unpaired) electrons. The van der Waals surface area contributed by atoms with Gasteiger partial charge in [-0.1, -0.05) is 18.2 Å². The number of pyridine rings is 1. The fraction of sp³-hybridized carbons (Fsp3) is 0.429. The third kappa shape index (κ3) is 5.68. The number of hydrogen-bond donors (Lipinski definition) is 0. The van der Waals surface area contributed by atoms with E-state index >= 15 is 0 Å². The number of piperazine rings is 1. The maximum Gasteiger partial charge on any atom is 0.253 e. The second-order valence-corrected chi connectivity index (χ2v) is 12.5. The summed E-state index contributed by atoms with van der Waals surface area (Å²) in [5.74, 6) is 0.791. The van der Waals surface area contributed by atoms with Crippen LogP contribution in [0.3, 0.4) is 0 Å². The lowest BCUT2D eigenvalue weighted by molar-refractivity contribution is -0.0390. The van der Waals surface area contributed by atoms with Crippen molar-refractivity contribution in [3.63, 3.8) is 0 Å². The highest BCUT2D eigenvalue weighted by molar-refractivity contribution is 5.88. The zero-order valence-electron chi connectivity index (χ0n) is 26.5. The Balaban J connectivity index is 1.22. The topological polar surface area (TPSA) is 90.5 Å². The summed E-state index contributed by atoms with van der Waals surface area (Å²) in [5, 5.41) is 5.12. The molecule has 0 spiro atoms. The van der Waals surface area contributed by atoms with Gasteiger partial charge < -0.3 is 18.9 Å². The number of benzene rings is 2. The van der Waals surface area contributed by atoms with Gasteiger partial charge in [-0.15, -0.1) is 0 Å². The summed E-state index contributed by atoms with van der Waals surface area (Å²) in [6.45, 7) is 9.59. The van der Waals surface area contributed by atoms with E-state index in [1.807, 2.05) is 39.7 Å². The minimum Gasteiger partial charge on any atom is -0.497 e. The summed E-state index contributed by atoms with van der Waals surface area (Å²) in [6.07, 6.45) is 8.44. The summed E-state index contributed by atoms with van der Waals surface area (Å²) in [7, 11) is 1.66. The van der Waals surface area contributed by atoms with Crippen LogP contribution in [0.25, 0.3) is 22.1 Å². The molecule has 0 amide bonds. The Morgan fingerprint density at radius 1 is 0.978 bits per heavy atom. The van der Waals surface area contributed by atoms with E-state index in [4.69, 9.17) is 14.6 Å². The number of aromatic nitrogens is 5. The van der Waals surface area contributed by atoms with Gasteiger partial charge in [0.1, 0.15) is 17.5 Å². The smallest absolute Gasteiger partial charge is 0.253 e. The first kappa shape index (κ1) is 29.4. The van der Waals surface area contributed by atoms with Crippen molar-refractivity contribution in [2.45, 2.75) is 70.9 Å². The molecule has 0 saturated carbocycles. The molecule has 5 heterocycles. The highest BCUT2D eigenvalue weighted by atomic mass is 16.5. The van der Waals surface area contributed by atoms with E-state index in [0.29, 0.717) is 6.54 Å². The van der Waals surface area contributed by atoms with Gasteiger partial charge in [0.2, 0.25) is 0 Å². The van der Waals surface area contributed by atoms with Gasteiger partial charge in [-0.25, -0.2) is 4.68 Å². The van der Waals surface area contributed by atoms with Crippen molar-refractivity contribution in [3.8, 4) is 5.75 Å². The lowest BCUT2D eigenvalue weighted by Crippen LogP contribution is -2.57. The van der Waals surface area contributed by atoms with E-state index in [0.717, 1.165) is 78.0 Å². The monoisotopic (exact) mass is 607 g/mol. The Labute approximate surface area is 263 Å². The highest BCUT2D eigenvalue weighted by Crippen LogP contribution is 2.34. The van der Waals surface area contributed by atoms with E-state index in [1.165, 1.54) is 5.56 Å². The number of rotatable bonds is 7. The summed E-state index contributed by atoms with van der Waals surface area (Å²) < 4.78 is 15.2. The number of nitrogens with zero attached hydrogens (tertiary/aromatic N) is 7. The number of methoxy groups -OCH3 is 1. The molecule has 0 N–H and O–H groups in total. The van der Waals surface area contributed by atoms with Gasteiger partial charge in [0.15, 0.2) is 0 Å². The first-order valence-electron chi connectivity index (χ1n) is 16.0. The minimum absolute atomic E-state index is 0.0367. The first-order valence-corrected chi connectivity index (χ1v) is 16.0. The SMILES string of the molecule is COc1ccc(Cn2c(=O)cc(N3C[C@@H](C)N(C(C)c4ccc5nccnc5c4)C[C@@H]3C)c3nn(C4CCCCO4)cc32)cc1. The van der Waals surface area contributed by atoms with Gasteiger partial charge in [0.05, 0.1) is 42.1 Å². The minimum atomic E-state index is -0.121. The van der Waals surface area contributed by atoms with Crippen molar-refractivity contribution in [3.05, 3.63) is 88.6 Å². The predicted molar refractivity (Wildman–Crippen MR) is 176 cm³/mol. The predicted octanol–water partition coefficient (Wildman–Crippen LogP) is 5.56. The number of ether oxygens (including phenoxy) is 2. The molecule has 234 valence electrons. The van der Waals surface area contributed by atoms with Crippen molar-refractivity contribution in [1.29, 1.82) is 0 Å². The molecule has 2 aliphatic rings. The summed E-state index contributed by atoms with van der Waals surface area (Å²) in [5.41, 5.74) is 6.60. The number of anilines is 1. The van der Waals surface area contributed by atoms with Crippen LogP contribution in [-0.2, 0) is 11.3 Å². The van der Waals surface area contributed by atoms with Crippen LogP contribution < -0.4 is 15.2 Å². The normalized spacial score (nSPS) is 21.8. The van der Waals surface area contributed by atoms with E-state index in [9.17, 15) is 4.79 Å². The summed E-state index contributed by atoms with van der Waals surface area (Å²) >= 11 is 0. The van der Waals surface area contributed by atoms with Gasteiger partial charge in [0, 0.05) is 56.3 Å². The van der Waals surface area contributed by atoms with E-state index in [-0.39, 0.29) is 29.9 Å². The molecule has 0 aliphatic carbocycles. The van der Waals surface area contributed by atoms with Crippen LogP contribution in [0.2, 0.25) is 0 Å². The quantitative estimate of drug-likeness (QED) is 0.238. The van der Waals surface area contributed by atoms with Crippen molar-refractivity contribution in [2.75, 3.05) is 31.7 Å².